The summed E-state index contributed by atoms with van der Waals surface area (Å²) in [6.45, 7) is 0. The molecule has 26 heavy (non-hydrogen) atoms. The molecule has 0 aliphatic rings. The van der Waals surface area contributed by atoms with E-state index in [-0.39, 0.29) is 0 Å². The number of carbonyl (C=O) groups is 1. The van der Waals surface area contributed by atoms with Crippen LogP contribution in [0.1, 0.15) is 108 Å². The molecule has 0 heterocycles. The molecule has 0 aromatic heterocycles. The lowest BCUT2D eigenvalue weighted by Gasteiger charge is -2.03. The Morgan fingerprint density at radius 3 is 1.42 bits per heavy atom. The first kappa shape index (κ1) is 22.7. The van der Waals surface area contributed by atoms with Crippen molar-refractivity contribution in [2.45, 2.75) is 103 Å². The van der Waals surface area contributed by atoms with Crippen molar-refractivity contribution >= 4 is 12.4 Å². The highest BCUT2D eigenvalue weighted by Crippen LogP contribution is 2.14. The maximum Gasteiger partial charge on any atom is 0.119 e. The average Bonchev–Trinajstić information content (AvgIpc) is 2.68. The summed E-state index contributed by atoms with van der Waals surface area (Å²) in [5.41, 5.74) is 1.31. The minimum atomic E-state index is 0.754. The second kappa shape index (κ2) is 18.4. The number of carbonyl (C=O) groups excluding carboxylic acids is 1. The summed E-state index contributed by atoms with van der Waals surface area (Å²) >= 11 is 0. The fourth-order valence-electron chi connectivity index (χ4n) is 3.39. The van der Waals surface area contributed by atoms with E-state index in [0.29, 0.717) is 0 Å². The second-order valence-corrected chi connectivity index (χ2v) is 7.51. The summed E-state index contributed by atoms with van der Waals surface area (Å²) < 4.78 is 0. The van der Waals surface area contributed by atoms with Crippen molar-refractivity contribution < 1.29 is 4.79 Å². The summed E-state index contributed by atoms with van der Waals surface area (Å²) in [7, 11) is 0. The first-order chi connectivity index (χ1) is 12.9. The molecular formula is C25H40O. The highest BCUT2D eigenvalue weighted by Gasteiger charge is 1.94. The van der Waals surface area contributed by atoms with Crippen LogP contribution < -0.4 is 0 Å². The van der Waals surface area contributed by atoms with Gasteiger partial charge in [0.05, 0.1) is 0 Å². The van der Waals surface area contributed by atoms with Crippen LogP contribution >= 0.6 is 0 Å². The topological polar surface area (TPSA) is 17.1 Å². The molecule has 1 heteroatoms. The number of allylic oxidation sites excluding steroid dienone is 1. The lowest BCUT2D eigenvalue weighted by molar-refractivity contribution is -0.107. The SMILES string of the molecule is O=CCCCCCCCCCCCCCCCC/C=C/c1ccccc1. The minimum Gasteiger partial charge on any atom is -0.303 e. The molecule has 1 aromatic carbocycles. The van der Waals surface area contributed by atoms with Gasteiger partial charge in [0.15, 0.2) is 0 Å². The van der Waals surface area contributed by atoms with Gasteiger partial charge in [0.25, 0.3) is 0 Å². The zero-order valence-electron chi connectivity index (χ0n) is 16.8. The van der Waals surface area contributed by atoms with Gasteiger partial charge in [-0.2, -0.15) is 0 Å². The Hall–Kier alpha value is -1.37. The van der Waals surface area contributed by atoms with Gasteiger partial charge in [-0.15, -0.1) is 0 Å². The molecule has 0 radical (unpaired) electrons. The lowest BCUT2D eigenvalue weighted by atomic mass is 10.0. The summed E-state index contributed by atoms with van der Waals surface area (Å²) in [6, 6.07) is 10.6. The second-order valence-electron chi connectivity index (χ2n) is 7.51. The van der Waals surface area contributed by atoms with E-state index in [1.54, 1.807) is 0 Å². The van der Waals surface area contributed by atoms with Crippen LogP contribution in [0.15, 0.2) is 36.4 Å². The third kappa shape index (κ3) is 14.9. The molecule has 0 unspecified atom stereocenters. The molecule has 1 aromatic rings. The van der Waals surface area contributed by atoms with E-state index >= 15 is 0 Å². The molecule has 1 nitrogen and oxygen atoms in total. The number of hydrogen-bond acceptors (Lipinski definition) is 1. The molecule has 0 aliphatic heterocycles. The molecule has 0 aliphatic carbocycles. The molecule has 0 atom stereocenters. The van der Waals surface area contributed by atoms with E-state index in [1.807, 2.05) is 0 Å². The van der Waals surface area contributed by atoms with Crippen molar-refractivity contribution in [2.75, 3.05) is 0 Å². The third-order valence-corrected chi connectivity index (χ3v) is 5.05. The van der Waals surface area contributed by atoms with E-state index < -0.39 is 0 Å². The predicted octanol–water partition coefficient (Wildman–Crippen LogP) is 8.14. The first-order valence-electron chi connectivity index (χ1n) is 11.1. The molecule has 0 saturated heterocycles. The molecular weight excluding hydrogens is 316 g/mol. The maximum absolute atomic E-state index is 10.2. The fourth-order valence-corrected chi connectivity index (χ4v) is 3.39. The van der Waals surface area contributed by atoms with Crippen LogP contribution in [0.25, 0.3) is 6.08 Å². The fraction of sp³-hybridized carbons (Fsp3) is 0.640. The third-order valence-electron chi connectivity index (χ3n) is 5.05. The molecule has 0 bridgehead atoms. The number of aldehydes is 1. The van der Waals surface area contributed by atoms with E-state index in [4.69, 9.17) is 0 Å². The Kier molecular flexibility index (Phi) is 16.1. The zero-order chi connectivity index (χ0) is 18.5. The van der Waals surface area contributed by atoms with Crippen LogP contribution in [0.2, 0.25) is 0 Å². The monoisotopic (exact) mass is 356 g/mol. The Morgan fingerprint density at radius 2 is 0.962 bits per heavy atom. The largest absolute Gasteiger partial charge is 0.303 e. The van der Waals surface area contributed by atoms with Gasteiger partial charge in [-0.25, -0.2) is 0 Å². The molecule has 0 spiro atoms. The van der Waals surface area contributed by atoms with Crippen LogP contribution in [-0.4, -0.2) is 6.29 Å². The average molecular weight is 357 g/mol. The first-order valence-corrected chi connectivity index (χ1v) is 11.1. The van der Waals surface area contributed by atoms with Gasteiger partial charge in [0, 0.05) is 6.42 Å². The Bertz CT molecular complexity index is 435. The quantitative estimate of drug-likeness (QED) is 0.191. The highest BCUT2D eigenvalue weighted by atomic mass is 16.1. The Morgan fingerprint density at radius 1 is 0.538 bits per heavy atom. The molecule has 0 saturated carbocycles. The van der Waals surface area contributed by atoms with Crippen molar-refractivity contribution in [1.82, 2.24) is 0 Å². The lowest BCUT2D eigenvalue weighted by Crippen LogP contribution is -1.83. The van der Waals surface area contributed by atoms with Gasteiger partial charge in [-0.1, -0.05) is 120 Å². The molecule has 0 fully saturated rings. The molecule has 0 N–H and O–H groups in total. The van der Waals surface area contributed by atoms with Gasteiger partial charge in [-0.05, 0) is 24.8 Å². The summed E-state index contributed by atoms with van der Waals surface area (Å²) in [5.74, 6) is 0. The van der Waals surface area contributed by atoms with Crippen LogP contribution in [0.4, 0.5) is 0 Å². The van der Waals surface area contributed by atoms with Crippen molar-refractivity contribution in [1.29, 1.82) is 0 Å². The number of rotatable bonds is 18. The van der Waals surface area contributed by atoms with Gasteiger partial charge in [0.2, 0.25) is 0 Å². The maximum atomic E-state index is 10.2. The zero-order valence-corrected chi connectivity index (χ0v) is 16.8. The van der Waals surface area contributed by atoms with Crippen molar-refractivity contribution in [3.8, 4) is 0 Å². The Labute approximate surface area is 162 Å². The van der Waals surface area contributed by atoms with Crippen LogP contribution in [-0.2, 0) is 4.79 Å². The Balaban J connectivity index is 1.73. The van der Waals surface area contributed by atoms with Gasteiger partial charge >= 0.3 is 0 Å². The summed E-state index contributed by atoms with van der Waals surface area (Å²) in [5, 5.41) is 0. The predicted molar refractivity (Wildman–Crippen MR) is 115 cm³/mol. The van der Waals surface area contributed by atoms with Crippen molar-refractivity contribution in [3.63, 3.8) is 0 Å². The van der Waals surface area contributed by atoms with Crippen LogP contribution in [0.3, 0.4) is 0 Å². The number of benzene rings is 1. The number of unbranched alkanes of at least 4 members (excludes halogenated alkanes) is 15. The van der Waals surface area contributed by atoms with Crippen molar-refractivity contribution in [2.24, 2.45) is 0 Å². The standard InChI is InChI=1S/C25H40O/c26-24-20-15-13-11-9-7-5-3-1-2-4-6-8-10-12-14-17-21-25-22-18-16-19-23-25/h16-19,21-24H,1-15,20H2/b21-17+. The summed E-state index contributed by atoms with van der Waals surface area (Å²) in [6.07, 6.45) is 26.6. The van der Waals surface area contributed by atoms with Gasteiger partial charge < -0.3 is 4.79 Å². The number of hydrogen-bond donors (Lipinski definition) is 0. The van der Waals surface area contributed by atoms with E-state index in [2.05, 4.69) is 42.5 Å². The van der Waals surface area contributed by atoms with E-state index in [1.165, 1.54) is 95.5 Å². The van der Waals surface area contributed by atoms with E-state index in [9.17, 15) is 4.79 Å². The molecule has 0 amide bonds. The summed E-state index contributed by atoms with van der Waals surface area (Å²) in [4.78, 5) is 10.2. The van der Waals surface area contributed by atoms with Crippen LogP contribution in [0.5, 0.6) is 0 Å². The molecule has 146 valence electrons. The van der Waals surface area contributed by atoms with E-state index in [0.717, 1.165) is 19.1 Å². The van der Waals surface area contributed by atoms with Crippen molar-refractivity contribution in [3.05, 3.63) is 42.0 Å². The highest BCUT2D eigenvalue weighted by molar-refractivity contribution is 5.49. The smallest absolute Gasteiger partial charge is 0.119 e. The van der Waals surface area contributed by atoms with Crippen LogP contribution in [0, 0.1) is 0 Å². The molecule has 1 rings (SSSR count). The normalized spacial score (nSPS) is 11.2. The van der Waals surface area contributed by atoms with Gasteiger partial charge in [0.1, 0.15) is 6.29 Å². The van der Waals surface area contributed by atoms with Gasteiger partial charge in [-0.3, -0.25) is 0 Å². The minimum absolute atomic E-state index is 0.754.